The fraction of sp³-hybridized carbons (Fsp3) is 0.500. The van der Waals surface area contributed by atoms with Gasteiger partial charge in [0.25, 0.3) is 0 Å². The van der Waals surface area contributed by atoms with Crippen molar-refractivity contribution in [1.82, 2.24) is 0 Å². The van der Waals surface area contributed by atoms with Gasteiger partial charge in [-0.2, -0.15) is 0 Å². The average Bonchev–Trinajstić information content (AvgIpc) is 2.22. The Hall–Kier alpha value is -0.570. The van der Waals surface area contributed by atoms with Crippen molar-refractivity contribution in [3.63, 3.8) is 0 Å². The summed E-state index contributed by atoms with van der Waals surface area (Å²) in [6, 6.07) is 7.88. The molecule has 1 heterocycles. The molecule has 2 nitrogen and oxygen atoms in total. The van der Waals surface area contributed by atoms with Crippen molar-refractivity contribution >= 4 is 11.6 Å². The van der Waals surface area contributed by atoms with Gasteiger partial charge in [-0.15, -0.1) is 0 Å². The van der Waals surface area contributed by atoms with Gasteiger partial charge in [0.2, 0.25) is 0 Å². The van der Waals surface area contributed by atoms with Crippen LogP contribution in [0.1, 0.15) is 18.4 Å². The number of benzene rings is 1. The van der Waals surface area contributed by atoms with Crippen LogP contribution < -0.4 is 5.73 Å². The van der Waals surface area contributed by atoms with Crippen LogP contribution >= 0.6 is 11.6 Å². The zero-order chi connectivity index (χ0) is 10.7. The Morgan fingerprint density at radius 3 is 2.67 bits per heavy atom. The Morgan fingerprint density at radius 2 is 2.07 bits per heavy atom. The largest absolute Gasteiger partial charge is 0.380 e. The van der Waals surface area contributed by atoms with Crippen molar-refractivity contribution < 1.29 is 4.74 Å². The molecule has 0 radical (unpaired) electrons. The molecule has 82 valence electrons. The Balaban J connectivity index is 2.03. The van der Waals surface area contributed by atoms with E-state index in [-0.39, 0.29) is 5.54 Å². The Labute approximate surface area is 95.4 Å². The van der Waals surface area contributed by atoms with E-state index in [0.717, 1.165) is 30.9 Å². The van der Waals surface area contributed by atoms with Gasteiger partial charge in [0.1, 0.15) is 0 Å². The lowest BCUT2D eigenvalue weighted by atomic mass is 9.87. The summed E-state index contributed by atoms with van der Waals surface area (Å²) in [7, 11) is 0. The van der Waals surface area contributed by atoms with Crippen LogP contribution in [0.25, 0.3) is 0 Å². The number of halogens is 1. The van der Waals surface area contributed by atoms with E-state index in [1.54, 1.807) is 0 Å². The minimum absolute atomic E-state index is 0.188. The van der Waals surface area contributed by atoms with E-state index in [1.807, 2.05) is 24.3 Å². The summed E-state index contributed by atoms with van der Waals surface area (Å²) >= 11 is 5.83. The summed E-state index contributed by atoms with van der Waals surface area (Å²) in [6.07, 6.45) is 2.96. The van der Waals surface area contributed by atoms with E-state index in [9.17, 15) is 0 Å². The van der Waals surface area contributed by atoms with Crippen LogP contribution in [0.15, 0.2) is 24.3 Å². The second kappa shape index (κ2) is 4.52. The molecule has 1 aromatic carbocycles. The molecule has 0 saturated carbocycles. The quantitative estimate of drug-likeness (QED) is 0.839. The third-order valence-corrected chi connectivity index (χ3v) is 3.07. The summed E-state index contributed by atoms with van der Waals surface area (Å²) in [5.41, 5.74) is 7.31. The zero-order valence-corrected chi connectivity index (χ0v) is 9.46. The highest BCUT2D eigenvalue weighted by Gasteiger charge is 2.28. The van der Waals surface area contributed by atoms with Gasteiger partial charge in [0, 0.05) is 17.2 Å². The maximum Gasteiger partial charge on any atom is 0.0649 e. The van der Waals surface area contributed by atoms with Crippen LogP contribution in [0.4, 0.5) is 0 Å². The second-order valence-electron chi connectivity index (χ2n) is 4.32. The van der Waals surface area contributed by atoms with E-state index in [4.69, 9.17) is 22.1 Å². The van der Waals surface area contributed by atoms with Crippen LogP contribution in [0, 0.1) is 0 Å². The van der Waals surface area contributed by atoms with Gasteiger partial charge in [0.15, 0.2) is 0 Å². The van der Waals surface area contributed by atoms with Crippen LogP contribution in [0.2, 0.25) is 5.02 Å². The third kappa shape index (κ3) is 2.94. The molecule has 2 rings (SSSR count). The Morgan fingerprint density at radius 1 is 1.33 bits per heavy atom. The average molecular weight is 226 g/mol. The lowest BCUT2D eigenvalue weighted by Gasteiger charge is -2.33. The predicted octanol–water partition coefficient (Wildman–Crippen LogP) is 2.39. The summed E-state index contributed by atoms with van der Waals surface area (Å²) in [4.78, 5) is 0. The van der Waals surface area contributed by atoms with E-state index in [2.05, 4.69) is 0 Å². The molecule has 1 aromatic rings. The normalized spacial score (nSPS) is 26.5. The van der Waals surface area contributed by atoms with E-state index < -0.39 is 0 Å². The smallest absolute Gasteiger partial charge is 0.0649 e. The minimum atomic E-state index is -0.188. The number of ether oxygens (including phenoxy) is 1. The van der Waals surface area contributed by atoms with Crippen molar-refractivity contribution in [3.8, 4) is 0 Å². The molecule has 1 unspecified atom stereocenters. The summed E-state index contributed by atoms with van der Waals surface area (Å²) < 4.78 is 5.43. The maximum absolute atomic E-state index is 6.27. The first-order chi connectivity index (χ1) is 7.18. The molecule has 0 aromatic heterocycles. The second-order valence-corrected chi connectivity index (χ2v) is 4.76. The molecule has 1 saturated heterocycles. The topological polar surface area (TPSA) is 35.2 Å². The Bertz CT molecular complexity index is 317. The Kier molecular flexibility index (Phi) is 3.29. The summed E-state index contributed by atoms with van der Waals surface area (Å²) in [5, 5.41) is 0.768. The fourth-order valence-electron chi connectivity index (χ4n) is 2.02. The highest BCUT2D eigenvalue weighted by Crippen LogP contribution is 2.22. The maximum atomic E-state index is 6.27. The van der Waals surface area contributed by atoms with Crippen molar-refractivity contribution in [3.05, 3.63) is 34.9 Å². The first kappa shape index (κ1) is 10.9. The molecule has 1 atom stereocenters. The molecule has 0 bridgehead atoms. The third-order valence-electron chi connectivity index (χ3n) is 2.82. The molecule has 1 aliphatic rings. The zero-order valence-electron chi connectivity index (χ0n) is 8.71. The molecular formula is C12H16ClNO. The van der Waals surface area contributed by atoms with E-state index >= 15 is 0 Å². The first-order valence-corrected chi connectivity index (χ1v) is 5.67. The van der Waals surface area contributed by atoms with E-state index in [0.29, 0.717) is 6.61 Å². The monoisotopic (exact) mass is 225 g/mol. The van der Waals surface area contributed by atoms with Crippen molar-refractivity contribution in [2.75, 3.05) is 13.2 Å². The number of nitrogens with two attached hydrogens (primary N) is 1. The molecule has 1 fully saturated rings. The molecule has 0 amide bonds. The van der Waals surface area contributed by atoms with Crippen LogP contribution in [-0.4, -0.2) is 18.8 Å². The van der Waals surface area contributed by atoms with Gasteiger partial charge in [-0.1, -0.05) is 23.7 Å². The summed E-state index contributed by atoms with van der Waals surface area (Å²) in [6.45, 7) is 1.51. The van der Waals surface area contributed by atoms with Crippen LogP contribution in [0.5, 0.6) is 0 Å². The molecule has 1 aliphatic heterocycles. The fourth-order valence-corrected chi connectivity index (χ4v) is 2.15. The van der Waals surface area contributed by atoms with Gasteiger partial charge in [0.05, 0.1) is 6.61 Å². The highest BCUT2D eigenvalue weighted by molar-refractivity contribution is 6.30. The number of hydrogen-bond donors (Lipinski definition) is 1. The van der Waals surface area contributed by atoms with Crippen LogP contribution in [0.3, 0.4) is 0 Å². The lowest BCUT2D eigenvalue weighted by molar-refractivity contribution is 0.0382. The summed E-state index contributed by atoms with van der Waals surface area (Å²) in [5.74, 6) is 0. The van der Waals surface area contributed by atoms with Gasteiger partial charge in [-0.3, -0.25) is 0 Å². The van der Waals surface area contributed by atoms with Gasteiger partial charge in [-0.25, -0.2) is 0 Å². The molecule has 15 heavy (non-hydrogen) atoms. The van der Waals surface area contributed by atoms with Crippen molar-refractivity contribution in [1.29, 1.82) is 0 Å². The number of rotatable bonds is 2. The molecular weight excluding hydrogens is 210 g/mol. The number of hydrogen-bond acceptors (Lipinski definition) is 2. The molecule has 0 spiro atoms. The first-order valence-electron chi connectivity index (χ1n) is 5.29. The van der Waals surface area contributed by atoms with Crippen LogP contribution in [-0.2, 0) is 11.2 Å². The standard InChI is InChI=1S/C12H16ClNO/c13-11-4-2-10(3-5-11)8-12(14)6-1-7-15-9-12/h2-5H,1,6-9,14H2. The minimum Gasteiger partial charge on any atom is -0.380 e. The van der Waals surface area contributed by atoms with Gasteiger partial charge >= 0.3 is 0 Å². The van der Waals surface area contributed by atoms with Gasteiger partial charge in [-0.05, 0) is 37.0 Å². The SMILES string of the molecule is NC1(Cc2ccc(Cl)cc2)CCCOC1. The van der Waals surface area contributed by atoms with E-state index in [1.165, 1.54) is 5.56 Å². The lowest BCUT2D eigenvalue weighted by Crippen LogP contribution is -2.49. The van der Waals surface area contributed by atoms with Crippen molar-refractivity contribution in [2.45, 2.75) is 24.8 Å². The van der Waals surface area contributed by atoms with Crippen molar-refractivity contribution in [2.24, 2.45) is 5.73 Å². The molecule has 0 aliphatic carbocycles. The van der Waals surface area contributed by atoms with Gasteiger partial charge < -0.3 is 10.5 Å². The predicted molar refractivity (Wildman–Crippen MR) is 62.1 cm³/mol. The molecule has 2 N–H and O–H groups in total. The molecule has 3 heteroatoms. The highest BCUT2D eigenvalue weighted by atomic mass is 35.5.